The maximum absolute atomic E-state index is 13.4. The van der Waals surface area contributed by atoms with Crippen molar-refractivity contribution in [2.45, 2.75) is 45.1 Å². The Balaban J connectivity index is 0.00000306. The normalized spacial score (nSPS) is 21.2. The summed E-state index contributed by atoms with van der Waals surface area (Å²) in [5, 5.41) is 9.83. The molecule has 0 bridgehead atoms. The fraction of sp³-hybridized carbons (Fsp3) is 0.417. The lowest BCUT2D eigenvalue weighted by Gasteiger charge is -2.29. The molecule has 33 heavy (non-hydrogen) atoms. The Kier molecular flexibility index (Phi) is 9.48. The van der Waals surface area contributed by atoms with Crippen molar-refractivity contribution >= 4 is 68.8 Å². The van der Waals surface area contributed by atoms with E-state index in [4.69, 9.17) is 28.3 Å². The number of hydrazine groups is 1. The van der Waals surface area contributed by atoms with E-state index in [-0.39, 0.29) is 30.3 Å². The van der Waals surface area contributed by atoms with Gasteiger partial charge in [0.15, 0.2) is 0 Å². The summed E-state index contributed by atoms with van der Waals surface area (Å²) in [6.45, 7) is 3.84. The van der Waals surface area contributed by atoms with Gasteiger partial charge >= 0.3 is 0 Å². The minimum Gasteiger partial charge on any atom is -0.284 e. The Morgan fingerprint density at radius 1 is 1.09 bits per heavy atom. The smallest absolute Gasteiger partial charge is 0.282 e. The van der Waals surface area contributed by atoms with Crippen LogP contribution in [0.3, 0.4) is 0 Å². The van der Waals surface area contributed by atoms with Crippen LogP contribution < -0.4 is 10.4 Å². The number of carbonyl (C=O) groups is 1. The maximum atomic E-state index is 13.4. The summed E-state index contributed by atoms with van der Waals surface area (Å²) in [7, 11) is 0. The van der Waals surface area contributed by atoms with Gasteiger partial charge < -0.3 is 0 Å². The third kappa shape index (κ3) is 6.04. The summed E-state index contributed by atoms with van der Waals surface area (Å²) in [6, 6.07) is 13.4. The fourth-order valence-electron chi connectivity index (χ4n) is 4.49. The van der Waals surface area contributed by atoms with Crippen LogP contribution in [0.25, 0.3) is 0 Å². The standard InChI is InChI=1S/C24H27BrCl2N4O.ClH/c1-2-19-22(24(32)29-30-13-5-3-4-6-14-30)28-31(21-12-11-18(26)15-20(21)27)23(19)16-7-9-17(25)10-8-16;/h7-12,15,19,23H,2-6,13-14H2,1H3,(H,29,32);1H/t19-,23-;/m1./s1. The summed E-state index contributed by atoms with van der Waals surface area (Å²) in [5.41, 5.74) is 5.47. The summed E-state index contributed by atoms with van der Waals surface area (Å²) >= 11 is 16.2. The van der Waals surface area contributed by atoms with Gasteiger partial charge in [-0.25, -0.2) is 5.01 Å². The summed E-state index contributed by atoms with van der Waals surface area (Å²) in [5.74, 6) is -0.205. The predicted molar refractivity (Wildman–Crippen MR) is 142 cm³/mol. The van der Waals surface area contributed by atoms with E-state index in [9.17, 15) is 4.79 Å². The highest BCUT2D eigenvalue weighted by molar-refractivity contribution is 9.10. The average molecular weight is 575 g/mol. The number of halogens is 4. The van der Waals surface area contributed by atoms with Crippen molar-refractivity contribution in [3.8, 4) is 0 Å². The van der Waals surface area contributed by atoms with Gasteiger partial charge in [0.1, 0.15) is 5.71 Å². The van der Waals surface area contributed by atoms with Gasteiger partial charge in [-0.3, -0.25) is 15.2 Å². The number of hydrogen-bond donors (Lipinski definition) is 1. The zero-order valence-corrected chi connectivity index (χ0v) is 22.4. The minimum absolute atomic E-state index is 0. The predicted octanol–water partition coefficient (Wildman–Crippen LogP) is 7.03. The zero-order chi connectivity index (χ0) is 22.7. The van der Waals surface area contributed by atoms with Crippen LogP contribution in [0.15, 0.2) is 52.0 Å². The molecule has 0 aromatic heterocycles. The van der Waals surface area contributed by atoms with Crippen molar-refractivity contribution in [3.63, 3.8) is 0 Å². The van der Waals surface area contributed by atoms with Gasteiger partial charge in [0, 0.05) is 28.5 Å². The van der Waals surface area contributed by atoms with E-state index >= 15 is 0 Å². The molecule has 2 heterocycles. The molecule has 178 valence electrons. The summed E-state index contributed by atoms with van der Waals surface area (Å²) < 4.78 is 1.00. The van der Waals surface area contributed by atoms with Gasteiger partial charge in [-0.1, -0.05) is 71.0 Å². The van der Waals surface area contributed by atoms with Crippen LogP contribution in [-0.2, 0) is 4.79 Å². The maximum Gasteiger partial charge on any atom is 0.282 e. The van der Waals surface area contributed by atoms with Crippen LogP contribution in [0, 0.1) is 5.92 Å². The van der Waals surface area contributed by atoms with E-state index in [1.807, 2.05) is 28.2 Å². The first kappa shape index (κ1) is 26.3. The van der Waals surface area contributed by atoms with E-state index in [0.717, 1.165) is 48.1 Å². The largest absolute Gasteiger partial charge is 0.284 e. The van der Waals surface area contributed by atoms with Crippen molar-refractivity contribution in [2.24, 2.45) is 11.0 Å². The molecule has 4 rings (SSSR count). The van der Waals surface area contributed by atoms with Crippen LogP contribution >= 0.6 is 51.5 Å². The number of amides is 1. The van der Waals surface area contributed by atoms with Crippen molar-refractivity contribution < 1.29 is 4.79 Å². The molecule has 0 spiro atoms. The molecule has 1 N–H and O–H groups in total. The first-order valence-corrected chi connectivity index (χ1v) is 12.7. The Hall–Kier alpha value is -1.31. The van der Waals surface area contributed by atoms with Gasteiger partial charge in [-0.05, 0) is 55.2 Å². The number of rotatable bonds is 5. The molecule has 2 aromatic carbocycles. The van der Waals surface area contributed by atoms with E-state index in [1.54, 1.807) is 12.1 Å². The molecule has 1 saturated heterocycles. The number of hydrazone groups is 1. The quantitative estimate of drug-likeness (QED) is 0.417. The van der Waals surface area contributed by atoms with Gasteiger partial charge in [0.05, 0.1) is 16.8 Å². The van der Waals surface area contributed by atoms with Gasteiger partial charge in [0.2, 0.25) is 0 Å². The summed E-state index contributed by atoms with van der Waals surface area (Å²) in [6.07, 6.45) is 5.38. The number of anilines is 1. The highest BCUT2D eigenvalue weighted by atomic mass is 79.9. The third-order valence-corrected chi connectivity index (χ3v) is 7.18. The molecule has 0 saturated carbocycles. The van der Waals surface area contributed by atoms with E-state index in [1.165, 1.54) is 12.8 Å². The Bertz CT molecular complexity index is 994. The monoisotopic (exact) mass is 572 g/mol. The molecule has 2 aromatic rings. The molecule has 5 nitrogen and oxygen atoms in total. The van der Waals surface area contributed by atoms with Crippen molar-refractivity contribution in [3.05, 3.63) is 62.5 Å². The molecule has 2 aliphatic rings. The molecule has 9 heteroatoms. The van der Waals surface area contributed by atoms with Crippen LogP contribution in [0.4, 0.5) is 5.69 Å². The van der Waals surface area contributed by atoms with Crippen molar-refractivity contribution in [2.75, 3.05) is 18.1 Å². The number of nitrogens with zero attached hydrogens (tertiary/aromatic N) is 3. The lowest BCUT2D eigenvalue weighted by Crippen LogP contribution is -2.47. The number of benzene rings is 2. The molecular formula is C24H28BrCl3N4O. The molecule has 0 radical (unpaired) electrons. The second kappa shape index (κ2) is 11.9. The first-order valence-electron chi connectivity index (χ1n) is 11.1. The second-order valence-corrected chi connectivity index (χ2v) is 10.0. The van der Waals surface area contributed by atoms with Crippen LogP contribution in [0.2, 0.25) is 10.0 Å². The van der Waals surface area contributed by atoms with Crippen LogP contribution in [0.5, 0.6) is 0 Å². The van der Waals surface area contributed by atoms with Gasteiger partial charge in [-0.2, -0.15) is 5.10 Å². The Labute approximate surface area is 220 Å². The first-order chi connectivity index (χ1) is 15.5. The number of hydrogen-bond acceptors (Lipinski definition) is 4. The molecular weight excluding hydrogens is 547 g/mol. The van der Waals surface area contributed by atoms with Gasteiger partial charge in [0.25, 0.3) is 5.91 Å². The zero-order valence-electron chi connectivity index (χ0n) is 18.4. The molecule has 1 fully saturated rings. The van der Waals surface area contributed by atoms with Crippen molar-refractivity contribution in [1.29, 1.82) is 0 Å². The molecule has 0 aliphatic carbocycles. The average Bonchev–Trinajstić information content (AvgIpc) is 2.96. The lowest BCUT2D eigenvalue weighted by molar-refractivity contribution is -0.119. The van der Waals surface area contributed by atoms with E-state index < -0.39 is 0 Å². The lowest BCUT2D eigenvalue weighted by atomic mass is 9.87. The number of carbonyl (C=O) groups excluding carboxylic acids is 1. The minimum atomic E-state index is -0.142. The molecule has 2 aliphatic heterocycles. The van der Waals surface area contributed by atoms with Crippen LogP contribution in [0.1, 0.15) is 50.6 Å². The van der Waals surface area contributed by atoms with E-state index in [0.29, 0.717) is 15.8 Å². The third-order valence-electron chi connectivity index (χ3n) is 6.12. The fourth-order valence-corrected chi connectivity index (χ4v) is 5.25. The van der Waals surface area contributed by atoms with Crippen molar-refractivity contribution in [1.82, 2.24) is 10.4 Å². The highest BCUT2D eigenvalue weighted by Gasteiger charge is 2.42. The number of nitrogens with one attached hydrogen (secondary N) is 1. The highest BCUT2D eigenvalue weighted by Crippen LogP contribution is 2.43. The SMILES string of the molecule is CC[C@@H]1C(C(=O)NN2CCCCCC2)=NN(c2ccc(Cl)cc2Cl)[C@@H]1c1ccc(Br)cc1.Cl. The topological polar surface area (TPSA) is 47.9 Å². The second-order valence-electron chi connectivity index (χ2n) is 8.28. The molecule has 0 unspecified atom stereocenters. The van der Waals surface area contributed by atoms with E-state index in [2.05, 4.69) is 40.4 Å². The van der Waals surface area contributed by atoms with Crippen LogP contribution in [-0.4, -0.2) is 29.7 Å². The summed E-state index contributed by atoms with van der Waals surface area (Å²) in [4.78, 5) is 13.4. The molecule has 1 amide bonds. The van der Waals surface area contributed by atoms with Gasteiger partial charge in [-0.15, -0.1) is 12.4 Å². The Morgan fingerprint density at radius 2 is 1.76 bits per heavy atom. The Morgan fingerprint density at radius 3 is 2.36 bits per heavy atom. The molecule has 2 atom stereocenters.